The van der Waals surface area contributed by atoms with Crippen molar-refractivity contribution < 1.29 is 4.39 Å². The third kappa shape index (κ3) is 3.87. The van der Waals surface area contributed by atoms with E-state index >= 15 is 0 Å². The standard InChI is InChI=1S/C19H18FN3O/c1-13-17(11-14-5-3-2-4-6-14)18(24)23-19(22-13)21-12-15-7-9-16(20)10-8-15/h2-10H,11-12H2,1H3,(H2,21,22,23,24). The molecule has 0 bridgehead atoms. The lowest BCUT2D eigenvalue weighted by molar-refractivity contribution is 0.627. The molecule has 0 amide bonds. The summed E-state index contributed by atoms with van der Waals surface area (Å²) in [6.45, 7) is 2.29. The lowest BCUT2D eigenvalue weighted by Gasteiger charge is -2.09. The van der Waals surface area contributed by atoms with Gasteiger partial charge in [0.05, 0.1) is 5.69 Å². The molecule has 0 radical (unpaired) electrons. The lowest BCUT2D eigenvalue weighted by atomic mass is 10.1. The van der Waals surface area contributed by atoms with Gasteiger partial charge in [0.25, 0.3) is 5.56 Å². The smallest absolute Gasteiger partial charge is 0.256 e. The number of aryl methyl sites for hydroxylation is 1. The zero-order chi connectivity index (χ0) is 16.9. The van der Waals surface area contributed by atoms with E-state index in [1.807, 2.05) is 37.3 Å². The Bertz CT molecular complexity index is 873. The second-order valence-corrected chi connectivity index (χ2v) is 5.62. The molecule has 0 aliphatic rings. The fraction of sp³-hybridized carbons (Fsp3) is 0.158. The summed E-state index contributed by atoms with van der Waals surface area (Å²) < 4.78 is 12.9. The summed E-state index contributed by atoms with van der Waals surface area (Å²) in [5, 5.41) is 3.06. The second-order valence-electron chi connectivity index (χ2n) is 5.62. The number of nitrogens with zero attached hydrogens (tertiary/aromatic N) is 1. The number of aromatic nitrogens is 2. The molecule has 0 saturated carbocycles. The van der Waals surface area contributed by atoms with Gasteiger partial charge in [0.2, 0.25) is 5.95 Å². The van der Waals surface area contributed by atoms with Crippen molar-refractivity contribution >= 4 is 5.95 Å². The van der Waals surface area contributed by atoms with Gasteiger partial charge in [0.1, 0.15) is 5.82 Å². The molecule has 4 nitrogen and oxygen atoms in total. The molecule has 0 aliphatic heterocycles. The quantitative estimate of drug-likeness (QED) is 0.756. The number of aromatic amines is 1. The average Bonchev–Trinajstić information content (AvgIpc) is 2.58. The number of benzene rings is 2. The predicted octanol–water partition coefficient (Wildman–Crippen LogP) is 3.42. The van der Waals surface area contributed by atoms with E-state index in [0.29, 0.717) is 30.2 Å². The van der Waals surface area contributed by atoms with E-state index in [0.717, 1.165) is 11.1 Å². The van der Waals surface area contributed by atoms with Gasteiger partial charge in [-0.1, -0.05) is 42.5 Å². The largest absolute Gasteiger partial charge is 0.352 e. The maximum absolute atomic E-state index is 12.9. The van der Waals surface area contributed by atoms with Crippen LogP contribution >= 0.6 is 0 Å². The SMILES string of the molecule is Cc1nc(NCc2ccc(F)cc2)[nH]c(=O)c1Cc1ccccc1. The van der Waals surface area contributed by atoms with Gasteiger partial charge in [-0.2, -0.15) is 0 Å². The fourth-order valence-electron chi connectivity index (χ4n) is 2.49. The molecule has 0 saturated heterocycles. The first-order valence-electron chi connectivity index (χ1n) is 7.74. The molecular formula is C19H18FN3O. The molecule has 2 N–H and O–H groups in total. The Labute approximate surface area is 139 Å². The maximum Gasteiger partial charge on any atom is 0.256 e. The Morgan fingerprint density at radius 2 is 1.75 bits per heavy atom. The second kappa shape index (κ2) is 7.08. The highest BCUT2D eigenvalue weighted by Gasteiger charge is 2.09. The van der Waals surface area contributed by atoms with Crippen LogP contribution in [0.1, 0.15) is 22.4 Å². The van der Waals surface area contributed by atoms with Crippen LogP contribution in [0.25, 0.3) is 0 Å². The van der Waals surface area contributed by atoms with Gasteiger partial charge in [0.15, 0.2) is 0 Å². The van der Waals surface area contributed by atoms with Crippen LogP contribution in [0, 0.1) is 12.7 Å². The molecule has 1 heterocycles. The highest BCUT2D eigenvalue weighted by atomic mass is 19.1. The van der Waals surface area contributed by atoms with Crippen molar-refractivity contribution in [1.29, 1.82) is 0 Å². The van der Waals surface area contributed by atoms with Crippen molar-refractivity contribution in [3.63, 3.8) is 0 Å². The molecule has 0 fully saturated rings. The molecule has 0 atom stereocenters. The van der Waals surface area contributed by atoms with E-state index < -0.39 is 0 Å². The monoisotopic (exact) mass is 323 g/mol. The highest BCUT2D eigenvalue weighted by Crippen LogP contribution is 2.10. The lowest BCUT2D eigenvalue weighted by Crippen LogP contribution is -2.19. The summed E-state index contributed by atoms with van der Waals surface area (Å²) in [6, 6.07) is 16.0. The van der Waals surface area contributed by atoms with Crippen LogP contribution in [-0.2, 0) is 13.0 Å². The minimum atomic E-state index is -0.272. The number of halogens is 1. The zero-order valence-electron chi connectivity index (χ0n) is 13.3. The van der Waals surface area contributed by atoms with E-state index in [4.69, 9.17) is 0 Å². The average molecular weight is 323 g/mol. The van der Waals surface area contributed by atoms with Crippen molar-refractivity contribution in [2.45, 2.75) is 19.9 Å². The molecule has 1 aromatic heterocycles. The van der Waals surface area contributed by atoms with Crippen LogP contribution in [0.5, 0.6) is 0 Å². The molecule has 24 heavy (non-hydrogen) atoms. The van der Waals surface area contributed by atoms with Gasteiger partial charge in [-0.15, -0.1) is 0 Å². The molecule has 3 aromatic rings. The molecule has 0 spiro atoms. The minimum absolute atomic E-state index is 0.145. The number of anilines is 1. The normalized spacial score (nSPS) is 10.6. The molecule has 2 aromatic carbocycles. The van der Waals surface area contributed by atoms with Crippen molar-refractivity contribution in [1.82, 2.24) is 9.97 Å². The zero-order valence-corrected chi connectivity index (χ0v) is 13.3. The Morgan fingerprint density at radius 3 is 2.42 bits per heavy atom. The van der Waals surface area contributed by atoms with Crippen molar-refractivity contribution in [3.05, 3.63) is 93.2 Å². The predicted molar refractivity (Wildman–Crippen MR) is 92.6 cm³/mol. The van der Waals surface area contributed by atoms with Crippen molar-refractivity contribution in [2.24, 2.45) is 0 Å². The number of nitrogens with one attached hydrogen (secondary N) is 2. The van der Waals surface area contributed by atoms with E-state index in [2.05, 4.69) is 15.3 Å². The molecular weight excluding hydrogens is 305 g/mol. The summed E-state index contributed by atoms with van der Waals surface area (Å²) in [4.78, 5) is 19.5. The Balaban J connectivity index is 1.74. The fourth-order valence-corrected chi connectivity index (χ4v) is 2.49. The third-order valence-corrected chi connectivity index (χ3v) is 3.82. The summed E-state index contributed by atoms with van der Waals surface area (Å²) in [7, 11) is 0. The Morgan fingerprint density at radius 1 is 1.04 bits per heavy atom. The molecule has 0 unspecified atom stereocenters. The minimum Gasteiger partial charge on any atom is -0.352 e. The summed E-state index contributed by atoms with van der Waals surface area (Å²) in [5.41, 5.74) is 3.19. The molecule has 0 aliphatic carbocycles. The van der Waals surface area contributed by atoms with E-state index in [1.54, 1.807) is 12.1 Å². The Hall–Kier alpha value is -2.95. The van der Waals surface area contributed by atoms with Crippen LogP contribution in [0.3, 0.4) is 0 Å². The van der Waals surface area contributed by atoms with Gasteiger partial charge in [-0.3, -0.25) is 9.78 Å². The Kier molecular flexibility index (Phi) is 4.70. The maximum atomic E-state index is 12.9. The third-order valence-electron chi connectivity index (χ3n) is 3.82. The van der Waals surface area contributed by atoms with Gasteiger partial charge in [-0.25, -0.2) is 9.37 Å². The first kappa shape index (κ1) is 15.9. The number of hydrogen-bond donors (Lipinski definition) is 2. The summed E-state index contributed by atoms with van der Waals surface area (Å²) >= 11 is 0. The van der Waals surface area contributed by atoms with Crippen molar-refractivity contribution in [2.75, 3.05) is 5.32 Å². The first-order chi connectivity index (χ1) is 11.6. The van der Waals surface area contributed by atoms with Crippen LogP contribution in [-0.4, -0.2) is 9.97 Å². The summed E-state index contributed by atoms with van der Waals surface area (Å²) in [5.74, 6) is 0.144. The van der Waals surface area contributed by atoms with Gasteiger partial charge >= 0.3 is 0 Å². The van der Waals surface area contributed by atoms with Gasteiger partial charge in [0, 0.05) is 18.5 Å². The van der Waals surface area contributed by atoms with E-state index in [1.165, 1.54) is 12.1 Å². The van der Waals surface area contributed by atoms with Crippen LogP contribution in [0.2, 0.25) is 0 Å². The van der Waals surface area contributed by atoms with Crippen LogP contribution in [0.4, 0.5) is 10.3 Å². The topological polar surface area (TPSA) is 57.8 Å². The number of hydrogen-bond acceptors (Lipinski definition) is 3. The van der Waals surface area contributed by atoms with E-state index in [9.17, 15) is 9.18 Å². The van der Waals surface area contributed by atoms with Crippen LogP contribution in [0.15, 0.2) is 59.4 Å². The first-order valence-corrected chi connectivity index (χ1v) is 7.74. The van der Waals surface area contributed by atoms with E-state index in [-0.39, 0.29) is 11.4 Å². The summed E-state index contributed by atoms with van der Waals surface area (Å²) in [6.07, 6.45) is 0.549. The molecule has 122 valence electrons. The molecule has 5 heteroatoms. The van der Waals surface area contributed by atoms with Crippen LogP contribution < -0.4 is 10.9 Å². The van der Waals surface area contributed by atoms with Crippen molar-refractivity contribution in [3.8, 4) is 0 Å². The number of rotatable bonds is 5. The number of H-pyrrole nitrogens is 1. The highest BCUT2D eigenvalue weighted by molar-refractivity contribution is 5.33. The van der Waals surface area contributed by atoms with Gasteiger partial charge in [-0.05, 0) is 30.2 Å². The molecule has 3 rings (SSSR count). The van der Waals surface area contributed by atoms with Gasteiger partial charge < -0.3 is 5.32 Å².